The fourth-order valence-corrected chi connectivity index (χ4v) is 2.04. The summed E-state index contributed by atoms with van der Waals surface area (Å²) in [7, 11) is 1.66. The average molecular weight is 266 g/mol. The van der Waals surface area contributed by atoms with Crippen molar-refractivity contribution in [1.29, 1.82) is 0 Å². The maximum Gasteiger partial charge on any atom is 0.148 e. The number of aryl methyl sites for hydroxylation is 1. The molecule has 0 atom stereocenters. The molecule has 2 aromatic rings. The average Bonchev–Trinajstić information content (AvgIpc) is 2.52. The van der Waals surface area contributed by atoms with E-state index >= 15 is 0 Å². The third kappa shape index (κ3) is 3.13. The van der Waals surface area contributed by atoms with E-state index in [1.165, 1.54) is 5.56 Å². The van der Waals surface area contributed by atoms with Crippen molar-refractivity contribution in [1.82, 2.24) is 0 Å². The lowest BCUT2D eigenvalue weighted by Crippen LogP contribution is -1.95. The molecule has 0 spiro atoms. The van der Waals surface area contributed by atoms with Gasteiger partial charge in [0, 0.05) is 11.6 Å². The fourth-order valence-electron chi connectivity index (χ4n) is 2.04. The van der Waals surface area contributed by atoms with Crippen molar-refractivity contribution in [2.24, 2.45) is 0 Å². The quantitative estimate of drug-likeness (QED) is 0.763. The largest absolute Gasteiger partial charge is 0.496 e. The van der Waals surface area contributed by atoms with Crippen LogP contribution in [0.1, 0.15) is 12.5 Å². The van der Waals surface area contributed by atoms with Crippen LogP contribution in [0.5, 0.6) is 11.5 Å². The zero-order valence-electron chi connectivity index (χ0n) is 11.8. The highest BCUT2D eigenvalue weighted by molar-refractivity contribution is 5.71. The van der Waals surface area contributed by atoms with E-state index in [0.29, 0.717) is 5.75 Å². The Kier molecular flexibility index (Phi) is 4.68. The predicted molar refractivity (Wildman–Crippen MR) is 82.1 cm³/mol. The van der Waals surface area contributed by atoms with Crippen molar-refractivity contribution in [3.05, 3.63) is 48.0 Å². The number of hydrogen-bond acceptors (Lipinski definition) is 2. The second-order valence-corrected chi connectivity index (χ2v) is 4.41. The van der Waals surface area contributed by atoms with Crippen LogP contribution in [0.15, 0.2) is 42.5 Å². The van der Waals surface area contributed by atoms with Gasteiger partial charge in [0.15, 0.2) is 0 Å². The minimum Gasteiger partial charge on any atom is -0.496 e. The first kappa shape index (κ1) is 14.0. The van der Waals surface area contributed by atoms with Gasteiger partial charge in [-0.1, -0.05) is 37.1 Å². The van der Waals surface area contributed by atoms with Gasteiger partial charge >= 0.3 is 0 Å². The van der Waals surface area contributed by atoms with E-state index in [2.05, 4.69) is 37.1 Å². The highest BCUT2D eigenvalue weighted by atomic mass is 16.5. The van der Waals surface area contributed by atoms with Crippen molar-refractivity contribution in [2.75, 3.05) is 13.7 Å². The summed E-state index contributed by atoms with van der Waals surface area (Å²) in [6.45, 7) is 2.40. The van der Waals surface area contributed by atoms with Gasteiger partial charge in [0.1, 0.15) is 18.1 Å². The van der Waals surface area contributed by atoms with E-state index < -0.39 is 0 Å². The Hall–Kier alpha value is -2.40. The number of methoxy groups -OCH3 is 1. The second kappa shape index (κ2) is 6.68. The monoisotopic (exact) mass is 266 g/mol. The van der Waals surface area contributed by atoms with Gasteiger partial charge in [-0.05, 0) is 29.7 Å². The maximum atomic E-state index is 5.45. The molecule has 2 aromatic carbocycles. The molecule has 0 N–H and O–H groups in total. The van der Waals surface area contributed by atoms with Gasteiger partial charge in [0.05, 0.1) is 7.11 Å². The number of terminal acetylenes is 1. The Morgan fingerprint density at radius 1 is 1.10 bits per heavy atom. The molecular weight excluding hydrogens is 248 g/mol. The third-order valence-corrected chi connectivity index (χ3v) is 3.17. The fraction of sp³-hybridized carbons (Fsp3) is 0.222. The van der Waals surface area contributed by atoms with Gasteiger partial charge in [-0.2, -0.15) is 0 Å². The molecule has 0 aromatic heterocycles. The molecule has 0 radical (unpaired) electrons. The lowest BCUT2D eigenvalue weighted by Gasteiger charge is -2.11. The lowest BCUT2D eigenvalue weighted by molar-refractivity contribution is 0.363. The molecule has 20 heavy (non-hydrogen) atoms. The standard InChI is InChI=1S/C18H18O2/c1-4-12-20-16-10-11-17(18(13-16)19-3)15-8-6-14(5-2)7-9-15/h1,6-11,13H,5,12H2,2-3H3. The molecule has 0 aliphatic rings. The Labute approximate surface area is 120 Å². The summed E-state index contributed by atoms with van der Waals surface area (Å²) in [6, 6.07) is 14.3. The molecular formula is C18H18O2. The van der Waals surface area contributed by atoms with Crippen LogP contribution < -0.4 is 9.47 Å². The van der Waals surface area contributed by atoms with Crippen LogP contribution >= 0.6 is 0 Å². The Morgan fingerprint density at radius 2 is 1.85 bits per heavy atom. The third-order valence-electron chi connectivity index (χ3n) is 3.17. The van der Waals surface area contributed by atoms with E-state index in [9.17, 15) is 0 Å². The second-order valence-electron chi connectivity index (χ2n) is 4.41. The van der Waals surface area contributed by atoms with Crippen LogP contribution in [0.3, 0.4) is 0 Å². The predicted octanol–water partition coefficient (Wildman–Crippen LogP) is 3.94. The van der Waals surface area contributed by atoms with E-state index in [-0.39, 0.29) is 6.61 Å². The SMILES string of the molecule is C#CCOc1ccc(-c2ccc(CC)cc2)c(OC)c1. The molecule has 2 heteroatoms. The van der Waals surface area contributed by atoms with Crippen molar-refractivity contribution >= 4 is 0 Å². The van der Waals surface area contributed by atoms with E-state index in [1.54, 1.807) is 7.11 Å². The Morgan fingerprint density at radius 3 is 2.45 bits per heavy atom. The Bertz CT molecular complexity index is 606. The van der Waals surface area contributed by atoms with Crippen molar-refractivity contribution in [3.63, 3.8) is 0 Å². The molecule has 0 fully saturated rings. The van der Waals surface area contributed by atoms with Gasteiger partial charge in [0.25, 0.3) is 0 Å². The first-order chi connectivity index (χ1) is 9.78. The van der Waals surface area contributed by atoms with E-state index in [0.717, 1.165) is 23.3 Å². The van der Waals surface area contributed by atoms with Gasteiger partial charge in [-0.25, -0.2) is 0 Å². The summed E-state index contributed by atoms with van der Waals surface area (Å²) in [4.78, 5) is 0. The highest BCUT2D eigenvalue weighted by Gasteiger charge is 2.07. The minimum absolute atomic E-state index is 0.258. The summed E-state index contributed by atoms with van der Waals surface area (Å²) in [6.07, 6.45) is 6.23. The van der Waals surface area contributed by atoms with Crippen LogP contribution in [0.4, 0.5) is 0 Å². The van der Waals surface area contributed by atoms with Gasteiger partial charge < -0.3 is 9.47 Å². The summed E-state index contributed by atoms with van der Waals surface area (Å²) < 4.78 is 10.9. The molecule has 0 saturated heterocycles. The summed E-state index contributed by atoms with van der Waals surface area (Å²) in [5.74, 6) is 3.95. The van der Waals surface area contributed by atoms with Gasteiger partial charge in [-0.3, -0.25) is 0 Å². The lowest BCUT2D eigenvalue weighted by atomic mass is 10.0. The summed E-state index contributed by atoms with van der Waals surface area (Å²) in [5, 5.41) is 0. The molecule has 0 amide bonds. The van der Waals surface area contributed by atoms with Crippen LogP contribution in [0.2, 0.25) is 0 Å². The molecule has 0 saturated carbocycles. The van der Waals surface area contributed by atoms with Crippen molar-refractivity contribution in [3.8, 4) is 35.0 Å². The molecule has 0 aliphatic heterocycles. The highest BCUT2D eigenvalue weighted by Crippen LogP contribution is 2.33. The van der Waals surface area contributed by atoms with Gasteiger partial charge in [0.2, 0.25) is 0 Å². The van der Waals surface area contributed by atoms with E-state index in [1.807, 2.05) is 18.2 Å². The zero-order valence-corrected chi connectivity index (χ0v) is 11.8. The first-order valence-corrected chi connectivity index (χ1v) is 6.62. The van der Waals surface area contributed by atoms with Crippen LogP contribution in [-0.2, 0) is 6.42 Å². The van der Waals surface area contributed by atoms with Gasteiger partial charge in [-0.15, -0.1) is 6.42 Å². The maximum absolute atomic E-state index is 5.45. The number of ether oxygens (including phenoxy) is 2. The molecule has 2 rings (SSSR count). The number of benzene rings is 2. The smallest absolute Gasteiger partial charge is 0.148 e. The van der Waals surface area contributed by atoms with Crippen molar-refractivity contribution < 1.29 is 9.47 Å². The molecule has 0 unspecified atom stereocenters. The molecule has 0 heterocycles. The molecule has 102 valence electrons. The minimum atomic E-state index is 0.258. The zero-order chi connectivity index (χ0) is 14.4. The van der Waals surface area contributed by atoms with Crippen molar-refractivity contribution in [2.45, 2.75) is 13.3 Å². The van der Waals surface area contributed by atoms with Crippen LogP contribution in [0.25, 0.3) is 11.1 Å². The summed E-state index contributed by atoms with van der Waals surface area (Å²) >= 11 is 0. The molecule has 0 bridgehead atoms. The normalized spacial score (nSPS) is 9.85. The first-order valence-electron chi connectivity index (χ1n) is 6.62. The molecule has 0 aliphatic carbocycles. The summed E-state index contributed by atoms with van der Waals surface area (Å²) in [5.41, 5.74) is 3.49. The molecule has 2 nitrogen and oxygen atoms in total. The van der Waals surface area contributed by atoms with Crippen LogP contribution in [0, 0.1) is 12.3 Å². The Balaban J connectivity index is 2.33. The number of rotatable bonds is 5. The number of hydrogen-bond donors (Lipinski definition) is 0. The van der Waals surface area contributed by atoms with E-state index in [4.69, 9.17) is 15.9 Å². The topological polar surface area (TPSA) is 18.5 Å². The van der Waals surface area contributed by atoms with Crippen LogP contribution in [-0.4, -0.2) is 13.7 Å².